The zero-order valence-corrected chi connectivity index (χ0v) is 14.1. The molecule has 1 aromatic rings. The van der Waals surface area contributed by atoms with Gasteiger partial charge in [-0.2, -0.15) is 5.10 Å². The molecule has 112 valence electrons. The van der Waals surface area contributed by atoms with Gasteiger partial charge in [0.2, 0.25) is 0 Å². The second-order valence-electron chi connectivity index (χ2n) is 6.09. The second-order valence-corrected chi connectivity index (χ2v) is 6.94. The van der Waals surface area contributed by atoms with Crippen LogP contribution >= 0.6 is 15.9 Å². The molecule has 20 heavy (non-hydrogen) atoms. The molecule has 1 aromatic heterocycles. The van der Waals surface area contributed by atoms with Gasteiger partial charge in [-0.25, -0.2) is 0 Å². The van der Waals surface area contributed by atoms with Gasteiger partial charge in [0, 0.05) is 12.5 Å². The molecule has 1 aliphatic rings. The Balaban J connectivity index is 2.06. The molecule has 0 radical (unpaired) electrons. The molecule has 1 N–H and O–H groups in total. The van der Waals surface area contributed by atoms with Gasteiger partial charge in [-0.1, -0.05) is 6.92 Å². The zero-order valence-electron chi connectivity index (χ0n) is 12.5. The largest absolute Gasteiger partial charge is 0.316 e. The van der Waals surface area contributed by atoms with Crippen LogP contribution in [0.4, 0.5) is 0 Å². The summed E-state index contributed by atoms with van der Waals surface area (Å²) >= 11 is 3.46. The highest BCUT2D eigenvalue weighted by Gasteiger charge is 2.25. The average molecular weight is 342 g/mol. The lowest BCUT2D eigenvalue weighted by molar-refractivity contribution is 0.0929. The average Bonchev–Trinajstić information content (AvgIpc) is 2.81. The molecule has 2 atom stereocenters. The predicted octanol–water partition coefficient (Wildman–Crippen LogP) is 3.44. The number of halogens is 1. The Morgan fingerprint density at radius 3 is 2.90 bits per heavy atom. The Bertz CT molecular complexity index is 464. The lowest BCUT2D eigenvalue weighted by Gasteiger charge is -2.28. The molecule has 0 spiro atoms. The van der Waals surface area contributed by atoms with E-state index in [1.165, 1.54) is 12.8 Å². The van der Waals surface area contributed by atoms with Gasteiger partial charge in [0.05, 0.1) is 10.7 Å². The summed E-state index contributed by atoms with van der Waals surface area (Å²) in [7, 11) is 0. The standard InChI is InChI=1S/C15H24BrN3O/c1-10(2)19-15(13(16)9-18-19)14(20)7-11(3)12-5-4-6-17-8-12/h9-12,17H,4-8H2,1-3H3. The number of rotatable bonds is 5. The van der Waals surface area contributed by atoms with Crippen LogP contribution in [-0.2, 0) is 0 Å². The first-order valence-corrected chi connectivity index (χ1v) is 8.27. The van der Waals surface area contributed by atoms with E-state index in [9.17, 15) is 4.79 Å². The number of ketones is 1. The quantitative estimate of drug-likeness (QED) is 0.834. The zero-order chi connectivity index (χ0) is 14.7. The number of carbonyl (C=O) groups is 1. The van der Waals surface area contributed by atoms with Crippen molar-refractivity contribution in [1.82, 2.24) is 15.1 Å². The highest BCUT2D eigenvalue weighted by atomic mass is 79.9. The maximum absolute atomic E-state index is 12.6. The fourth-order valence-corrected chi connectivity index (χ4v) is 3.41. The van der Waals surface area contributed by atoms with E-state index in [1.807, 2.05) is 18.5 Å². The van der Waals surface area contributed by atoms with Crippen molar-refractivity contribution in [3.63, 3.8) is 0 Å². The minimum Gasteiger partial charge on any atom is -0.316 e. The van der Waals surface area contributed by atoms with E-state index in [0.717, 1.165) is 23.3 Å². The first kappa shape index (κ1) is 15.7. The molecule has 2 heterocycles. The molecule has 2 rings (SSSR count). The van der Waals surface area contributed by atoms with Crippen molar-refractivity contribution in [2.45, 2.75) is 46.1 Å². The van der Waals surface area contributed by atoms with Gasteiger partial charge in [-0.3, -0.25) is 9.48 Å². The molecular formula is C15H24BrN3O. The molecule has 0 saturated carbocycles. The molecule has 0 amide bonds. The number of Topliss-reactive ketones (excluding diaryl/α,β-unsaturated/α-hetero) is 1. The molecule has 4 nitrogen and oxygen atoms in total. The predicted molar refractivity (Wildman–Crippen MR) is 84.0 cm³/mol. The van der Waals surface area contributed by atoms with Crippen molar-refractivity contribution in [1.29, 1.82) is 0 Å². The van der Waals surface area contributed by atoms with Crippen molar-refractivity contribution in [2.24, 2.45) is 11.8 Å². The summed E-state index contributed by atoms with van der Waals surface area (Å²) in [5.74, 6) is 1.22. The molecule has 0 aliphatic carbocycles. The van der Waals surface area contributed by atoms with Crippen molar-refractivity contribution >= 4 is 21.7 Å². The van der Waals surface area contributed by atoms with Gasteiger partial charge in [0.1, 0.15) is 5.69 Å². The van der Waals surface area contributed by atoms with Crippen LogP contribution in [0, 0.1) is 11.8 Å². The summed E-state index contributed by atoms with van der Waals surface area (Å²) in [6, 6.07) is 0.201. The fraction of sp³-hybridized carbons (Fsp3) is 0.733. The monoisotopic (exact) mass is 341 g/mol. The molecule has 5 heteroatoms. The number of aromatic nitrogens is 2. The molecule has 1 aliphatic heterocycles. The highest BCUT2D eigenvalue weighted by molar-refractivity contribution is 9.10. The number of nitrogens with zero attached hydrogens (tertiary/aromatic N) is 2. The van der Waals surface area contributed by atoms with Gasteiger partial charge in [-0.05, 0) is 67.5 Å². The van der Waals surface area contributed by atoms with Gasteiger partial charge < -0.3 is 5.32 Å². The SMILES string of the molecule is CC(CC(=O)c1c(Br)cnn1C(C)C)C1CCCNC1. The van der Waals surface area contributed by atoms with Gasteiger partial charge in [-0.15, -0.1) is 0 Å². The molecule has 0 bridgehead atoms. The van der Waals surface area contributed by atoms with E-state index in [4.69, 9.17) is 0 Å². The lowest BCUT2D eigenvalue weighted by atomic mass is 9.84. The van der Waals surface area contributed by atoms with Crippen molar-refractivity contribution < 1.29 is 4.79 Å². The first-order valence-electron chi connectivity index (χ1n) is 7.47. The molecule has 2 unspecified atom stereocenters. The van der Waals surface area contributed by atoms with Crippen LogP contribution in [0.2, 0.25) is 0 Å². The van der Waals surface area contributed by atoms with Crippen LogP contribution in [0.15, 0.2) is 10.7 Å². The summed E-state index contributed by atoms with van der Waals surface area (Å²) < 4.78 is 2.63. The maximum Gasteiger partial charge on any atom is 0.182 e. The van der Waals surface area contributed by atoms with Gasteiger partial charge in [0.15, 0.2) is 5.78 Å². The molecule has 1 saturated heterocycles. The second kappa shape index (κ2) is 6.85. The third-order valence-corrected chi connectivity index (χ3v) is 4.73. The number of nitrogens with one attached hydrogen (secondary N) is 1. The van der Waals surface area contributed by atoms with Gasteiger partial charge in [0.25, 0.3) is 0 Å². The molecular weight excluding hydrogens is 318 g/mol. The van der Waals surface area contributed by atoms with Crippen molar-refractivity contribution in [3.8, 4) is 0 Å². The van der Waals surface area contributed by atoms with Crippen molar-refractivity contribution in [3.05, 3.63) is 16.4 Å². The van der Waals surface area contributed by atoms with E-state index in [0.29, 0.717) is 18.3 Å². The number of piperidine rings is 1. The number of hydrogen-bond acceptors (Lipinski definition) is 3. The van der Waals surface area contributed by atoms with Crippen LogP contribution < -0.4 is 5.32 Å². The topological polar surface area (TPSA) is 46.9 Å². The first-order chi connectivity index (χ1) is 9.50. The van der Waals surface area contributed by atoms with E-state index >= 15 is 0 Å². The minimum atomic E-state index is 0.196. The summed E-state index contributed by atoms with van der Waals surface area (Å²) in [6.45, 7) is 8.44. The van der Waals surface area contributed by atoms with Crippen LogP contribution in [0.25, 0.3) is 0 Å². The Labute approximate surface area is 129 Å². The minimum absolute atomic E-state index is 0.196. The summed E-state index contributed by atoms with van der Waals surface area (Å²) in [5, 5.41) is 7.72. The van der Waals surface area contributed by atoms with E-state index in [-0.39, 0.29) is 11.8 Å². The van der Waals surface area contributed by atoms with E-state index < -0.39 is 0 Å². The van der Waals surface area contributed by atoms with Crippen molar-refractivity contribution in [2.75, 3.05) is 13.1 Å². The van der Waals surface area contributed by atoms with Crippen LogP contribution in [0.1, 0.15) is 56.6 Å². The summed E-state index contributed by atoms with van der Waals surface area (Å²) in [6.07, 6.45) is 4.77. The Morgan fingerprint density at radius 2 is 2.30 bits per heavy atom. The molecule has 0 aromatic carbocycles. The summed E-state index contributed by atoms with van der Waals surface area (Å²) in [4.78, 5) is 12.6. The maximum atomic E-state index is 12.6. The lowest BCUT2D eigenvalue weighted by Crippen LogP contribution is -2.34. The van der Waals surface area contributed by atoms with Crippen LogP contribution in [0.3, 0.4) is 0 Å². The smallest absolute Gasteiger partial charge is 0.182 e. The van der Waals surface area contributed by atoms with Crippen LogP contribution in [0.5, 0.6) is 0 Å². The fourth-order valence-electron chi connectivity index (χ4n) is 2.91. The molecule has 1 fully saturated rings. The third kappa shape index (κ3) is 3.50. The van der Waals surface area contributed by atoms with E-state index in [1.54, 1.807) is 6.20 Å². The van der Waals surface area contributed by atoms with Gasteiger partial charge >= 0.3 is 0 Å². The Hall–Kier alpha value is -0.680. The van der Waals surface area contributed by atoms with Crippen LogP contribution in [-0.4, -0.2) is 28.7 Å². The summed E-state index contributed by atoms with van der Waals surface area (Å²) in [5.41, 5.74) is 0.718. The van der Waals surface area contributed by atoms with E-state index in [2.05, 4.69) is 33.3 Å². The normalized spacial score (nSPS) is 21.1. The third-order valence-electron chi connectivity index (χ3n) is 4.15. The Kier molecular flexibility index (Phi) is 5.38. The number of carbonyl (C=O) groups excluding carboxylic acids is 1. The highest BCUT2D eigenvalue weighted by Crippen LogP contribution is 2.27. The Morgan fingerprint density at radius 1 is 1.55 bits per heavy atom. The number of hydrogen-bond donors (Lipinski definition) is 1.